The zero-order valence-corrected chi connectivity index (χ0v) is 12.2. The fourth-order valence-corrected chi connectivity index (χ4v) is 3.03. The van der Waals surface area contributed by atoms with Crippen LogP contribution in [0.15, 0.2) is 27.1 Å². The Bertz CT molecular complexity index is 351. The van der Waals surface area contributed by atoms with Gasteiger partial charge in [-0.25, -0.2) is 0 Å². The van der Waals surface area contributed by atoms with Crippen molar-refractivity contribution in [3.05, 3.63) is 27.1 Å². The molecule has 2 nitrogen and oxygen atoms in total. The van der Waals surface area contributed by atoms with Crippen LogP contribution in [0.2, 0.25) is 0 Å². The van der Waals surface area contributed by atoms with Gasteiger partial charge in [-0.2, -0.15) is 0 Å². The number of hydrogen-bond acceptors (Lipinski definition) is 2. The highest BCUT2D eigenvalue weighted by molar-refractivity contribution is 9.11. The third-order valence-electron chi connectivity index (χ3n) is 2.77. The number of halogens is 2. The molecule has 4 heteroatoms. The molecule has 2 rings (SSSR count). The van der Waals surface area contributed by atoms with Crippen molar-refractivity contribution in [1.82, 2.24) is 5.32 Å². The molecule has 1 aromatic carbocycles. The maximum absolute atomic E-state index is 5.82. The lowest BCUT2D eigenvalue weighted by atomic mass is 10.0. The molecule has 1 saturated heterocycles. The van der Waals surface area contributed by atoms with Gasteiger partial charge in [0, 0.05) is 16.9 Å². The van der Waals surface area contributed by atoms with Gasteiger partial charge in [0.25, 0.3) is 0 Å². The average Bonchev–Trinajstić information content (AvgIpc) is 2.29. The lowest BCUT2D eigenvalue weighted by Crippen LogP contribution is -2.33. The van der Waals surface area contributed by atoms with Gasteiger partial charge in [0.05, 0.1) is 11.1 Å². The molecule has 0 saturated carbocycles. The van der Waals surface area contributed by atoms with Gasteiger partial charge in [-0.05, 0) is 53.5 Å². The molecular weight excluding hydrogens is 334 g/mol. The standard InChI is InChI=1S/C12H15Br2NO/c13-10-3-4-12(11(14)6-10)16-8-9-2-1-5-15-7-9/h3-4,6,9,15H,1-2,5,7-8H2/t9-/m1/s1. The summed E-state index contributed by atoms with van der Waals surface area (Å²) >= 11 is 6.93. The van der Waals surface area contributed by atoms with E-state index in [9.17, 15) is 0 Å². The fourth-order valence-electron chi connectivity index (χ4n) is 1.87. The second kappa shape index (κ2) is 6.03. The minimum atomic E-state index is 0.643. The van der Waals surface area contributed by atoms with E-state index in [4.69, 9.17) is 4.74 Å². The second-order valence-corrected chi connectivity index (χ2v) is 5.87. The van der Waals surface area contributed by atoms with Crippen LogP contribution >= 0.6 is 31.9 Å². The highest BCUT2D eigenvalue weighted by Crippen LogP contribution is 2.28. The second-order valence-electron chi connectivity index (χ2n) is 4.10. The SMILES string of the molecule is Brc1ccc(OC[C@@H]2CCCNC2)c(Br)c1. The number of ether oxygens (including phenoxy) is 1. The summed E-state index contributed by atoms with van der Waals surface area (Å²) in [6.07, 6.45) is 2.52. The lowest BCUT2D eigenvalue weighted by molar-refractivity contribution is 0.217. The van der Waals surface area contributed by atoms with Crippen molar-refractivity contribution >= 4 is 31.9 Å². The van der Waals surface area contributed by atoms with Crippen LogP contribution < -0.4 is 10.1 Å². The van der Waals surface area contributed by atoms with Gasteiger partial charge in [-0.3, -0.25) is 0 Å². The van der Waals surface area contributed by atoms with Gasteiger partial charge < -0.3 is 10.1 Å². The summed E-state index contributed by atoms with van der Waals surface area (Å²) in [5.74, 6) is 1.57. The molecule has 1 heterocycles. The maximum atomic E-state index is 5.82. The number of hydrogen-bond donors (Lipinski definition) is 1. The number of benzene rings is 1. The van der Waals surface area contributed by atoms with Crippen LogP contribution in [-0.4, -0.2) is 19.7 Å². The van der Waals surface area contributed by atoms with E-state index in [1.165, 1.54) is 12.8 Å². The van der Waals surface area contributed by atoms with Crippen LogP contribution in [-0.2, 0) is 0 Å². The normalized spacial score (nSPS) is 20.8. The van der Waals surface area contributed by atoms with E-state index >= 15 is 0 Å². The van der Waals surface area contributed by atoms with Crippen molar-refractivity contribution in [2.24, 2.45) is 5.92 Å². The third kappa shape index (κ3) is 3.47. The van der Waals surface area contributed by atoms with Gasteiger partial charge >= 0.3 is 0 Å². The molecule has 0 radical (unpaired) electrons. The predicted molar refractivity (Wildman–Crippen MR) is 72.9 cm³/mol. The van der Waals surface area contributed by atoms with Crippen LogP contribution in [0.1, 0.15) is 12.8 Å². The molecule has 0 amide bonds. The zero-order chi connectivity index (χ0) is 11.4. The van der Waals surface area contributed by atoms with Gasteiger partial charge in [0.2, 0.25) is 0 Å². The lowest BCUT2D eigenvalue weighted by Gasteiger charge is -2.23. The predicted octanol–water partition coefficient (Wildman–Crippen LogP) is 3.59. The first-order valence-electron chi connectivity index (χ1n) is 5.54. The van der Waals surface area contributed by atoms with E-state index in [0.717, 1.165) is 34.4 Å². The van der Waals surface area contributed by atoms with Gasteiger partial charge in [-0.1, -0.05) is 15.9 Å². The quantitative estimate of drug-likeness (QED) is 0.901. The topological polar surface area (TPSA) is 21.3 Å². The summed E-state index contributed by atoms with van der Waals surface area (Å²) in [5.41, 5.74) is 0. The number of rotatable bonds is 3. The van der Waals surface area contributed by atoms with Crippen molar-refractivity contribution in [3.63, 3.8) is 0 Å². The summed E-state index contributed by atoms with van der Waals surface area (Å²) in [6, 6.07) is 6.00. The molecule has 1 atom stereocenters. The number of piperidine rings is 1. The van der Waals surface area contributed by atoms with Crippen LogP contribution in [0.3, 0.4) is 0 Å². The highest BCUT2D eigenvalue weighted by Gasteiger charge is 2.14. The Morgan fingerprint density at radius 3 is 2.94 bits per heavy atom. The molecule has 0 aliphatic carbocycles. The summed E-state index contributed by atoms with van der Waals surface area (Å²) < 4.78 is 7.89. The third-order valence-corrected chi connectivity index (χ3v) is 3.88. The molecule has 1 aromatic rings. The molecule has 0 spiro atoms. The molecule has 1 aliphatic heterocycles. The van der Waals surface area contributed by atoms with E-state index in [1.54, 1.807) is 0 Å². The molecule has 88 valence electrons. The van der Waals surface area contributed by atoms with Crippen molar-refractivity contribution in [2.75, 3.05) is 19.7 Å². The van der Waals surface area contributed by atoms with E-state index in [0.29, 0.717) is 5.92 Å². The van der Waals surface area contributed by atoms with Crippen molar-refractivity contribution < 1.29 is 4.74 Å². The van der Waals surface area contributed by atoms with Crippen LogP contribution in [0.5, 0.6) is 5.75 Å². The zero-order valence-electron chi connectivity index (χ0n) is 9.01. The minimum absolute atomic E-state index is 0.643. The Labute approximate surface area is 113 Å². The summed E-state index contributed by atoms with van der Waals surface area (Å²) in [7, 11) is 0. The Kier molecular flexibility index (Phi) is 4.67. The molecule has 1 fully saturated rings. The first kappa shape index (κ1) is 12.4. The fraction of sp³-hybridized carbons (Fsp3) is 0.500. The van der Waals surface area contributed by atoms with Gasteiger partial charge in [0.1, 0.15) is 5.75 Å². The van der Waals surface area contributed by atoms with Crippen molar-refractivity contribution in [3.8, 4) is 5.75 Å². The largest absolute Gasteiger partial charge is 0.492 e. The Morgan fingerprint density at radius 2 is 2.25 bits per heavy atom. The average molecular weight is 349 g/mol. The summed E-state index contributed by atoms with van der Waals surface area (Å²) in [5, 5.41) is 3.40. The summed E-state index contributed by atoms with van der Waals surface area (Å²) in [6.45, 7) is 3.03. The van der Waals surface area contributed by atoms with Crippen molar-refractivity contribution in [2.45, 2.75) is 12.8 Å². The highest BCUT2D eigenvalue weighted by atomic mass is 79.9. The summed E-state index contributed by atoms with van der Waals surface area (Å²) in [4.78, 5) is 0. The first-order chi connectivity index (χ1) is 7.75. The maximum Gasteiger partial charge on any atom is 0.133 e. The Balaban J connectivity index is 1.88. The minimum Gasteiger partial charge on any atom is -0.492 e. The Morgan fingerprint density at radius 1 is 1.38 bits per heavy atom. The molecule has 1 aliphatic rings. The van der Waals surface area contributed by atoms with Crippen molar-refractivity contribution in [1.29, 1.82) is 0 Å². The molecule has 16 heavy (non-hydrogen) atoms. The molecular formula is C12H15Br2NO. The van der Waals surface area contributed by atoms with E-state index in [2.05, 4.69) is 37.2 Å². The molecule has 1 N–H and O–H groups in total. The van der Waals surface area contributed by atoms with E-state index in [-0.39, 0.29) is 0 Å². The molecule has 0 bridgehead atoms. The van der Waals surface area contributed by atoms with Crippen LogP contribution in [0.4, 0.5) is 0 Å². The monoisotopic (exact) mass is 347 g/mol. The smallest absolute Gasteiger partial charge is 0.133 e. The molecule has 0 aromatic heterocycles. The Hall–Kier alpha value is -0.0600. The number of nitrogens with one attached hydrogen (secondary N) is 1. The molecule has 0 unspecified atom stereocenters. The van der Waals surface area contributed by atoms with Gasteiger partial charge in [-0.15, -0.1) is 0 Å². The van der Waals surface area contributed by atoms with Gasteiger partial charge in [0.15, 0.2) is 0 Å². The van der Waals surface area contributed by atoms with E-state index in [1.807, 2.05) is 18.2 Å². The van der Waals surface area contributed by atoms with Crippen LogP contribution in [0.25, 0.3) is 0 Å². The van der Waals surface area contributed by atoms with E-state index < -0.39 is 0 Å². The first-order valence-corrected chi connectivity index (χ1v) is 7.13. The van der Waals surface area contributed by atoms with Crippen LogP contribution in [0, 0.1) is 5.92 Å².